The summed E-state index contributed by atoms with van der Waals surface area (Å²) >= 11 is 0. The Bertz CT molecular complexity index is 3050. The van der Waals surface area contributed by atoms with Crippen LogP contribution in [0.15, 0.2) is 133 Å². The van der Waals surface area contributed by atoms with Gasteiger partial charge in [-0.2, -0.15) is 5.10 Å². The Morgan fingerprint density at radius 3 is 1.84 bits per heavy atom. The van der Waals surface area contributed by atoms with Gasteiger partial charge >= 0.3 is 12.1 Å². The zero-order valence-corrected chi connectivity index (χ0v) is 38.3. The summed E-state index contributed by atoms with van der Waals surface area (Å²) in [4.78, 5) is 60.7. The van der Waals surface area contributed by atoms with Crippen LogP contribution in [0.1, 0.15) is 31.8 Å². The van der Waals surface area contributed by atoms with Crippen molar-refractivity contribution in [1.29, 1.82) is 0 Å². The summed E-state index contributed by atoms with van der Waals surface area (Å²) in [6.45, 7) is 0.679. The van der Waals surface area contributed by atoms with Crippen molar-refractivity contribution in [3.05, 3.63) is 156 Å². The lowest BCUT2D eigenvalue weighted by molar-refractivity contribution is 0.101. The number of carbonyl (C=O) groups is 4. The molecule has 0 saturated carbocycles. The first-order chi connectivity index (χ1) is 31.9. The van der Waals surface area contributed by atoms with E-state index >= 15 is 0 Å². The zero-order chi connectivity index (χ0) is 48.3. The average molecular weight is 929 g/mol. The molecule has 0 radical (unpaired) electrons. The average Bonchev–Trinajstić information content (AvgIpc) is 3.67. The lowest BCUT2D eigenvalue weighted by Gasteiger charge is -2.14. The Kier molecular flexibility index (Phi) is 15.4. The lowest BCUT2D eigenvalue weighted by Crippen LogP contribution is -2.27. The summed E-state index contributed by atoms with van der Waals surface area (Å²) < 4.78 is 39.9. The van der Waals surface area contributed by atoms with Crippen LogP contribution < -0.4 is 31.9 Å². The SMILES string of the molecule is CN(C)C(=O)Nc1cc(CNc2cccc(F)c2C(=O)Nc2ccc3cn(C)nc3c2)ccn1.CN(C)C(=O)Nc1cc(CNc2ccccc2C(=O)Nc2cccc(S(C)(=O)=O)c2)ccn1. The Balaban J connectivity index is 0.000000221. The molecule has 0 unspecified atom stereocenters. The summed E-state index contributed by atoms with van der Waals surface area (Å²) in [7, 11) is 4.97. The molecule has 0 aliphatic heterocycles. The minimum Gasteiger partial charge on any atom is -0.380 e. The van der Waals surface area contributed by atoms with Crippen LogP contribution in [0.2, 0.25) is 0 Å². The van der Waals surface area contributed by atoms with Crippen molar-refractivity contribution in [2.24, 2.45) is 7.05 Å². The molecule has 346 valence electrons. The van der Waals surface area contributed by atoms with Crippen molar-refractivity contribution in [2.75, 3.05) is 66.3 Å². The molecule has 3 heterocycles. The number of nitrogens with one attached hydrogen (secondary N) is 6. The Morgan fingerprint density at radius 1 is 0.642 bits per heavy atom. The Labute approximate surface area is 386 Å². The quantitative estimate of drug-likeness (QED) is 0.0664. The molecule has 0 aliphatic carbocycles. The van der Waals surface area contributed by atoms with E-state index in [0.717, 1.165) is 28.3 Å². The van der Waals surface area contributed by atoms with Gasteiger partial charge in [0.2, 0.25) is 0 Å². The first-order valence-electron chi connectivity index (χ1n) is 20.5. The number of carbonyl (C=O) groups excluding carboxylic acids is 4. The van der Waals surface area contributed by atoms with Crippen molar-refractivity contribution < 1.29 is 32.0 Å². The molecule has 0 atom stereocenters. The molecule has 18 nitrogen and oxygen atoms in total. The molecule has 0 bridgehead atoms. The highest BCUT2D eigenvalue weighted by Crippen LogP contribution is 2.25. The van der Waals surface area contributed by atoms with Gasteiger partial charge in [0.05, 0.1) is 27.2 Å². The molecule has 7 rings (SSSR count). The number of anilines is 6. The van der Waals surface area contributed by atoms with Gasteiger partial charge in [-0.05, 0) is 96.1 Å². The molecular weight excluding hydrogens is 880 g/mol. The topological polar surface area (TPSA) is 225 Å². The number of aryl methyl sites for hydroxylation is 1. The monoisotopic (exact) mass is 928 g/mol. The van der Waals surface area contributed by atoms with Crippen LogP contribution in [0.3, 0.4) is 0 Å². The number of urea groups is 2. The largest absolute Gasteiger partial charge is 0.380 e. The van der Waals surface area contributed by atoms with E-state index in [0.29, 0.717) is 46.5 Å². The summed E-state index contributed by atoms with van der Waals surface area (Å²) in [6.07, 6.45) is 6.14. The third-order valence-corrected chi connectivity index (χ3v) is 10.8. The summed E-state index contributed by atoms with van der Waals surface area (Å²) in [5.41, 5.74) is 4.51. The molecule has 0 fully saturated rings. The number of hydrogen-bond acceptors (Lipinski definition) is 11. The predicted molar refractivity (Wildman–Crippen MR) is 258 cm³/mol. The third-order valence-electron chi connectivity index (χ3n) is 9.71. The van der Waals surface area contributed by atoms with E-state index in [1.54, 1.807) is 124 Å². The van der Waals surface area contributed by atoms with E-state index in [1.165, 1.54) is 34.1 Å². The molecular formula is C47H49FN12O6S. The number of benzene rings is 4. The van der Waals surface area contributed by atoms with Crippen molar-refractivity contribution in [1.82, 2.24) is 29.5 Å². The zero-order valence-electron chi connectivity index (χ0n) is 37.5. The summed E-state index contributed by atoms with van der Waals surface area (Å²) in [5, 5.41) is 22.5. The number of hydrogen-bond donors (Lipinski definition) is 6. The van der Waals surface area contributed by atoms with E-state index in [4.69, 9.17) is 0 Å². The highest BCUT2D eigenvalue weighted by atomic mass is 32.2. The van der Waals surface area contributed by atoms with Gasteiger partial charge in [0.25, 0.3) is 11.8 Å². The van der Waals surface area contributed by atoms with Crippen LogP contribution in [-0.2, 0) is 30.0 Å². The van der Waals surface area contributed by atoms with Crippen LogP contribution >= 0.6 is 0 Å². The second-order valence-electron chi connectivity index (χ2n) is 15.4. The molecule has 67 heavy (non-hydrogen) atoms. The number of fused-ring (bicyclic) bond motifs is 1. The van der Waals surface area contributed by atoms with Gasteiger partial charge in [0.1, 0.15) is 17.5 Å². The van der Waals surface area contributed by atoms with E-state index in [2.05, 4.69) is 47.0 Å². The fourth-order valence-corrected chi connectivity index (χ4v) is 6.96. The predicted octanol–water partition coefficient (Wildman–Crippen LogP) is 7.51. The third kappa shape index (κ3) is 13.3. The second kappa shape index (κ2) is 21.5. The molecule has 6 N–H and O–H groups in total. The number of nitrogens with zero attached hydrogens (tertiary/aromatic N) is 6. The van der Waals surface area contributed by atoms with Crippen LogP contribution in [-0.4, -0.2) is 96.3 Å². The Hall–Kier alpha value is -8.39. The van der Waals surface area contributed by atoms with E-state index < -0.39 is 21.6 Å². The van der Waals surface area contributed by atoms with Gasteiger partial charge in [-0.25, -0.2) is 32.4 Å². The smallest absolute Gasteiger partial charge is 0.322 e. The first-order valence-corrected chi connectivity index (χ1v) is 22.4. The number of halogens is 1. The molecule has 0 aliphatic rings. The van der Waals surface area contributed by atoms with Crippen molar-refractivity contribution in [2.45, 2.75) is 18.0 Å². The molecule has 20 heteroatoms. The number of amides is 6. The molecule has 4 aromatic carbocycles. The van der Waals surface area contributed by atoms with Gasteiger partial charge in [-0.3, -0.25) is 24.9 Å². The highest BCUT2D eigenvalue weighted by molar-refractivity contribution is 7.90. The van der Waals surface area contributed by atoms with Gasteiger partial charge in [0, 0.05) is 95.6 Å². The molecule has 3 aromatic heterocycles. The number of para-hydroxylation sites is 1. The van der Waals surface area contributed by atoms with Crippen LogP contribution in [0, 0.1) is 5.82 Å². The highest BCUT2D eigenvalue weighted by Gasteiger charge is 2.18. The molecule has 0 saturated heterocycles. The Morgan fingerprint density at radius 2 is 1.21 bits per heavy atom. The van der Waals surface area contributed by atoms with E-state index in [9.17, 15) is 32.0 Å². The number of sulfone groups is 1. The molecule has 6 amide bonds. The van der Waals surface area contributed by atoms with Crippen LogP contribution in [0.5, 0.6) is 0 Å². The minimum absolute atomic E-state index is 0.0983. The van der Waals surface area contributed by atoms with Crippen molar-refractivity contribution in [3.63, 3.8) is 0 Å². The van der Waals surface area contributed by atoms with Crippen molar-refractivity contribution >= 4 is 79.0 Å². The van der Waals surface area contributed by atoms with Gasteiger partial charge in [0.15, 0.2) is 9.84 Å². The van der Waals surface area contributed by atoms with E-state index in [1.807, 2.05) is 19.3 Å². The number of rotatable bonds is 13. The minimum atomic E-state index is -3.39. The first kappa shape index (κ1) is 48.1. The number of aromatic nitrogens is 4. The second-order valence-corrected chi connectivity index (χ2v) is 17.5. The van der Waals surface area contributed by atoms with Crippen molar-refractivity contribution in [3.8, 4) is 0 Å². The summed E-state index contributed by atoms with van der Waals surface area (Å²) in [5.74, 6) is -0.790. The maximum absolute atomic E-state index is 14.7. The van der Waals surface area contributed by atoms with Crippen LogP contribution in [0.4, 0.5) is 48.4 Å². The fourth-order valence-electron chi connectivity index (χ4n) is 6.29. The number of pyridine rings is 2. The summed E-state index contributed by atoms with van der Waals surface area (Å²) in [6, 6.07) is 29.3. The van der Waals surface area contributed by atoms with Gasteiger partial charge in [-0.15, -0.1) is 0 Å². The normalized spacial score (nSPS) is 10.8. The van der Waals surface area contributed by atoms with E-state index in [-0.39, 0.29) is 35.0 Å². The maximum atomic E-state index is 14.7. The maximum Gasteiger partial charge on any atom is 0.322 e. The fraction of sp³-hybridized carbons (Fsp3) is 0.170. The van der Waals surface area contributed by atoms with Gasteiger partial charge < -0.3 is 31.1 Å². The van der Waals surface area contributed by atoms with Gasteiger partial charge in [-0.1, -0.05) is 24.3 Å². The standard InChI is InChI=1S/C24H24FN7O2.C23H25N5O4S/c1-31(2)24(34)29-21-11-15(9-10-26-21)13-27-19-6-4-5-18(25)22(19)23(33)28-17-8-7-16-14-32(3)30-20(16)12-17;1-28(2)23(30)27-21-13-16(11-12-24-21)15-25-20-10-5-4-9-19(20)22(29)26-17-7-6-8-18(14-17)33(3,31)32/h4-12,14,27H,13H2,1-3H3,(H,28,33)(H,26,29,34);4-14,25H,15H2,1-3H3,(H,26,29)(H,24,27,30). The van der Waals surface area contributed by atoms with Crippen LogP contribution in [0.25, 0.3) is 10.9 Å². The molecule has 0 spiro atoms. The molecule has 7 aromatic rings. The lowest BCUT2D eigenvalue weighted by atomic mass is 10.1.